The average Bonchev–Trinajstić information content (AvgIpc) is 3.01. The molecule has 1 amide bonds. The molecule has 1 aromatic heterocycles. The van der Waals surface area contributed by atoms with Crippen LogP contribution in [0.2, 0.25) is 22.2 Å². The van der Waals surface area contributed by atoms with Gasteiger partial charge in [-0.25, -0.2) is 4.79 Å². The zero-order valence-corrected chi connectivity index (χ0v) is 24.5. The van der Waals surface area contributed by atoms with Crippen molar-refractivity contribution >= 4 is 29.3 Å². The molecule has 0 radical (unpaired) electrons. The quantitative estimate of drug-likeness (QED) is 0.373. The largest absolute Gasteiger partial charge is 0.437 e. The second kappa shape index (κ2) is 12.2. The summed E-state index contributed by atoms with van der Waals surface area (Å²) in [6.07, 6.45) is -3.21. The Labute approximate surface area is 211 Å². The number of aliphatic hydroxyl groups is 2. The molecule has 1 aliphatic rings. The minimum absolute atomic E-state index is 0.0424. The average molecular weight is 530 g/mol. The maximum Gasteiger partial charge on any atom is 0.351 e. The van der Waals surface area contributed by atoms with Gasteiger partial charge in [0.2, 0.25) is 5.91 Å². The molecule has 200 valence electrons. The van der Waals surface area contributed by atoms with Gasteiger partial charge in [0.25, 0.3) is 0 Å². The van der Waals surface area contributed by atoms with E-state index < -0.39 is 47.8 Å². The number of anilines is 1. The number of rotatable bonds is 11. The van der Waals surface area contributed by atoms with Crippen LogP contribution in [0, 0.1) is 0 Å². The van der Waals surface area contributed by atoms with Gasteiger partial charge in [-0.2, -0.15) is 4.98 Å². The van der Waals surface area contributed by atoms with Crippen molar-refractivity contribution in [3.8, 4) is 0 Å². The zero-order valence-electron chi connectivity index (χ0n) is 22.4. The first-order valence-electron chi connectivity index (χ1n) is 12.4. The van der Waals surface area contributed by atoms with Gasteiger partial charge >= 0.3 is 14.3 Å². The van der Waals surface area contributed by atoms with Crippen molar-refractivity contribution in [3.05, 3.63) is 22.7 Å². The zero-order chi connectivity index (χ0) is 26.7. The number of nitrogens with one attached hydrogen (secondary N) is 1. The summed E-state index contributed by atoms with van der Waals surface area (Å²) in [5, 5.41) is 23.8. The Kier molecular flexibility index (Phi) is 10.4. The third-order valence-corrected chi connectivity index (χ3v) is 15.5. The van der Waals surface area contributed by atoms with Crippen LogP contribution in [0.25, 0.3) is 0 Å². The van der Waals surface area contributed by atoms with Crippen LogP contribution in [0.4, 0.5) is 5.82 Å². The van der Waals surface area contributed by atoms with Crippen molar-refractivity contribution in [2.24, 2.45) is 0 Å². The van der Waals surface area contributed by atoms with Gasteiger partial charge in [-0.3, -0.25) is 9.36 Å². The fourth-order valence-electron chi connectivity index (χ4n) is 4.73. The summed E-state index contributed by atoms with van der Waals surface area (Å²) in [6, 6.07) is 1.43. The van der Waals surface area contributed by atoms with E-state index >= 15 is 0 Å². The van der Waals surface area contributed by atoms with Gasteiger partial charge in [0.05, 0.1) is 6.61 Å². The highest BCUT2D eigenvalue weighted by Crippen LogP contribution is 2.39. The molecular formula is C23H43N3O7Si2. The van der Waals surface area contributed by atoms with E-state index in [2.05, 4.69) is 65.7 Å². The fourth-order valence-corrected chi connectivity index (χ4v) is 15.0. The third-order valence-electron chi connectivity index (χ3n) is 6.46. The Bertz CT molecular complexity index is 893. The van der Waals surface area contributed by atoms with Crippen molar-refractivity contribution in [2.45, 2.75) is 109 Å². The molecule has 1 saturated heterocycles. The summed E-state index contributed by atoms with van der Waals surface area (Å²) in [5.74, 6) is -0.257. The molecule has 2 rings (SSSR count). The lowest BCUT2D eigenvalue weighted by Crippen LogP contribution is -2.54. The minimum Gasteiger partial charge on any atom is -0.437 e. The second-order valence-electron chi connectivity index (χ2n) is 10.6. The highest BCUT2D eigenvalue weighted by Gasteiger charge is 2.50. The van der Waals surface area contributed by atoms with Gasteiger partial charge in [-0.1, -0.05) is 55.4 Å². The molecule has 1 unspecified atom stereocenters. The van der Waals surface area contributed by atoms with Gasteiger partial charge in [0.1, 0.15) is 24.1 Å². The molecule has 10 nitrogen and oxygen atoms in total. The first-order chi connectivity index (χ1) is 16.2. The van der Waals surface area contributed by atoms with Crippen molar-refractivity contribution in [3.63, 3.8) is 0 Å². The topological polar surface area (TPSA) is 132 Å². The molecule has 0 aromatic carbocycles. The summed E-state index contributed by atoms with van der Waals surface area (Å²) in [7, 11) is -4.32. The molecule has 1 fully saturated rings. The molecule has 0 spiro atoms. The van der Waals surface area contributed by atoms with E-state index in [4.69, 9.17) is 13.3 Å². The summed E-state index contributed by atoms with van der Waals surface area (Å²) in [4.78, 5) is 27.5. The Balaban J connectivity index is 2.24. The molecule has 2 heterocycles. The Hall–Kier alpha value is -1.42. The summed E-state index contributed by atoms with van der Waals surface area (Å²) >= 11 is 0. The number of carbonyl (C=O) groups excluding carboxylic acids is 1. The SMILES string of the molecule is CC(=O)Nc1ccn([C@@H]2O[C@H](CO[Si](O[SiH](C(C)C)C(C)C)(C(C)C)C(C)C)C(O)[C@H]2O)c(=O)n1. The smallest absolute Gasteiger partial charge is 0.351 e. The number of ether oxygens (including phenoxy) is 1. The lowest BCUT2D eigenvalue weighted by atomic mass is 10.1. The van der Waals surface area contributed by atoms with Crippen LogP contribution >= 0.6 is 0 Å². The van der Waals surface area contributed by atoms with E-state index in [1.165, 1.54) is 19.2 Å². The van der Waals surface area contributed by atoms with Crippen molar-refractivity contribution < 1.29 is 28.3 Å². The van der Waals surface area contributed by atoms with Crippen LogP contribution < -0.4 is 11.0 Å². The first kappa shape index (κ1) is 29.8. The molecule has 3 N–H and O–H groups in total. The van der Waals surface area contributed by atoms with Crippen molar-refractivity contribution in [1.29, 1.82) is 0 Å². The van der Waals surface area contributed by atoms with E-state index in [-0.39, 0.29) is 29.4 Å². The molecule has 1 aliphatic heterocycles. The summed E-state index contributed by atoms with van der Waals surface area (Å²) in [6.45, 7) is 18.6. The minimum atomic E-state index is -2.73. The fraction of sp³-hybridized carbons (Fsp3) is 0.783. The highest BCUT2D eigenvalue weighted by atomic mass is 28.4. The van der Waals surface area contributed by atoms with E-state index in [0.717, 1.165) is 4.57 Å². The number of nitrogens with zero attached hydrogens (tertiary/aromatic N) is 2. The number of aromatic nitrogens is 2. The maximum absolute atomic E-state index is 12.5. The predicted molar refractivity (Wildman–Crippen MR) is 139 cm³/mol. The van der Waals surface area contributed by atoms with E-state index in [9.17, 15) is 19.8 Å². The monoisotopic (exact) mass is 529 g/mol. The number of hydrogen-bond donors (Lipinski definition) is 3. The van der Waals surface area contributed by atoms with Crippen LogP contribution in [0.15, 0.2) is 17.1 Å². The third kappa shape index (κ3) is 6.87. The van der Waals surface area contributed by atoms with Crippen LogP contribution in [-0.4, -0.2) is 68.2 Å². The van der Waals surface area contributed by atoms with Gasteiger partial charge in [-0.05, 0) is 28.2 Å². The van der Waals surface area contributed by atoms with Crippen LogP contribution in [-0.2, 0) is 18.1 Å². The number of aliphatic hydroxyl groups excluding tert-OH is 2. The summed E-state index contributed by atoms with van der Waals surface area (Å²) < 4.78 is 20.5. The molecule has 0 aliphatic carbocycles. The Morgan fingerprint density at radius 3 is 2.17 bits per heavy atom. The van der Waals surface area contributed by atoms with E-state index in [1.54, 1.807) is 0 Å². The molecule has 12 heteroatoms. The number of amides is 1. The lowest BCUT2D eigenvalue weighted by molar-refractivity contribution is -0.114. The van der Waals surface area contributed by atoms with E-state index in [1.807, 2.05) is 0 Å². The normalized spacial score (nSPS) is 23.3. The van der Waals surface area contributed by atoms with E-state index in [0.29, 0.717) is 11.1 Å². The molecule has 0 saturated carbocycles. The second-order valence-corrected chi connectivity index (χ2v) is 19.2. The van der Waals surface area contributed by atoms with Crippen molar-refractivity contribution in [1.82, 2.24) is 9.55 Å². The van der Waals surface area contributed by atoms with Crippen LogP contribution in [0.1, 0.15) is 68.5 Å². The Morgan fingerprint density at radius 1 is 1.14 bits per heavy atom. The molecule has 4 atom stereocenters. The molecule has 35 heavy (non-hydrogen) atoms. The number of hydrogen-bond acceptors (Lipinski definition) is 8. The molecule has 0 bridgehead atoms. The van der Waals surface area contributed by atoms with Crippen LogP contribution in [0.3, 0.4) is 0 Å². The van der Waals surface area contributed by atoms with Gasteiger partial charge in [-0.15, -0.1) is 0 Å². The Morgan fingerprint density at radius 2 is 1.71 bits per heavy atom. The summed E-state index contributed by atoms with van der Waals surface area (Å²) in [5.41, 5.74) is 0.516. The molecule has 1 aromatic rings. The molecular weight excluding hydrogens is 486 g/mol. The predicted octanol–water partition coefficient (Wildman–Crippen LogP) is 2.66. The van der Waals surface area contributed by atoms with Gasteiger partial charge in [0, 0.05) is 13.1 Å². The maximum atomic E-state index is 12.5. The van der Waals surface area contributed by atoms with Gasteiger partial charge in [0.15, 0.2) is 15.3 Å². The standard InChI is InChI=1S/C23H43N3O7Si2/c1-13(2)34(14(3)4)33-35(15(5)6,16(7)8)31-12-18-20(28)21(29)22(32-18)26-11-10-19(24-17(9)27)25-23(26)30/h10-11,13-16,18,20-22,28-29,34H,12H2,1-9H3,(H,24,25,27,30)/t18-,20?,21-,22-/m1/s1. The lowest BCUT2D eigenvalue weighted by Gasteiger charge is -2.43. The van der Waals surface area contributed by atoms with Crippen molar-refractivity contribution in [2.75, 3.05) is 11.9 Å². The number of carbonyl (C=O) groups is 1. The highest BCUT2D eigenvalue weighted by molar-refractivity contribution is 6.78. The van der Waals surface area contributed by atoms with Crippen LogP contribution in [0.5, 0.6) is 0 Å². The van der Waals surface area contributed by atoms with Gasteiger partial charge < -0.3 is 28.8 Å². The first-order valence-corrected chi connectivity index (χ1v) is 16.2.